The number of halogens is 1. The standard InChI is InChI=1S/C15H16ClN5O3S/c1-2-20-14(9-3-4-9)18-19-15(20)25-8-13(22)17-12-7-10(21(23)24)5-6-11(12)16/h5-7,9H,2-4,8H2,1H3,(H,17,22). The highest BCUT2D eigenvalue weighted by atomic mass is 35.5. The Hall–Kier alpha value is -2.13. The Morgan fingerprint density at radius 1 is 1.48 bits per heavy atom. The van der Waals surface area contributed by atoms with Gasteiger partial charge in [-0.15, -0.1) is 10.2 Å². The van der Waals surface area contributed by atoms with Crippen LogP contribution in [0.3, 0.4) is 0 Å². The molecule has 1 aromatic heterocycles. The second kappa shape index (κ2) is 7.40. The number of anilines is 1. The first-order valence-corrected chi connectivity index (χ1v) is 9.15. The highest BCUT2D eigenvalue weighted by Gasteiger charge is 2.30. The number of carbonyl (C=O) groups is 1. The molecular formula is C15H16ClN5O3S. The van der Waals surface area contributed by atoms with E-state index in [2.05, 4.69) is 15.5 Å². The molecule has 0 unspecified atom stereocenters. The summed E-state index contributed by atoms with van der Waals surface area (Å²) in [6.07, 6.45) is 2.27. The largest absolute Gasteiger partial charge is 0.324 e. The van der Waals surface area contributed by atoms with Crippen LogP contribution in [0.4, 0.5) is 11.4 Å². The molecule has 132 valence electrons. The third kappa shape index (κ3) is 4.10. The fourth-order valence-electron chi connectivity index (χ4n) is 2.39. The van der Waals surface area contributed by atoms with E-state index in [9.17, 15) is 14.9 Å². The van der Waals surface area contributed by atoms with Gasteiger partial charge in [-0.1, -0.05) is 23.4 Å². The van der Waals surface area contributed by atoms with Crippen molar-refractivity contribution in [1.82, 2.24) is 14.8 Å². The van der Waals surface area contributed by atoms with E-state index < -0.39 is 4.92 Å². The highest BCUT2D eigenvalue weighted by molar-refractivity contribution is 7.99. The Kier molecular flexibility index (Phi) is 5.24. The van der Waals surface area contributed by atoms with E-state index in [4.69, 9.17) is 11.6 Å². The van der Waals surface area contributed by atoms with Crippen molar-refractivity contribution >= 4 is 40.6 Å². The SMILES string of the molecule is CCn1c(SCC(=O)Nc2cc([N+](=O)[O-])ccc2Cl)nnc1C1CC1. The number of carbonyl (C=O) groups excluding carboxylic acids is 1. The first kappa shape index (κ1) is 17.7. The van der Waals surface area contributed by atoms with Crippen LogP contribution in [0.2, 0.25) is 5.02 Å². The van der Waals surface area contributed by atoms with Crippen LogP contribution in [0.1, 0.15) is 31.5 Å². The Morgan fingerprint density at radius 2 is 2.24 bits per heavy atom. The molecule has 3 rings (SSSR count). The van der Waals surface area contributed by atoms with Gasteiger partial charge in [0.25, 0.3) is 5.69 Å². The number of hydrogen-bond donors (Lipinski definition) is 1. The molecule has 1 N–H and O–H groups in total. The molecule has 0 bridgehead atoms. The summed E-state index contributed by atoms with van der Waals surface area (Å²) in [6, 6.07) is 3.92. The van der Waals surface area contributed by atoms with E-state index in [-0.39, 0.29) is 28.1 Å². The molecule has 0 saturated heterocycles. The molecule has 0 radical (unpaired) electrons. The van der Waals surface area contributed by atoms with Gasteiger partial charge in [-0.2, -0.15) is 0 Å². The molecule has 8 nitrogen and oxygen atoms in total. The van der Waals surface area contributed by atoms with E-state index in [0.29, 0.717) is 11.1 Å². The van der Waals surface area contributed by atoms with Gasteiger partial charge in [0.05, 0.1) is 21.4 Å². The number of aromatic nitrogens is 3. The molecule has 0 spiro atoms. The third-order valence-corrected chi connectivity index (χ3v) is 5.07. The van der Waals surface area contributed by atoms with Crippen LogP contribution >= 0.6 is 23.4 Å². The number of non-ortho nitro benzene ring substituents is 1. The molecule has 1 amide bonds. The van der Waals surface area contributed by atoms with Gasteiger partial charge in [-0.25, -0.2) is 0 Å². The second-order valence-electron chi connectivity index (χ2n) is 5.62. The third-order valence-electron chi connectivity index (χ3n) is 3.77. The van der Waals surface area contributed by atoms with Crippen LogP contribution in [-0.4, -0.2) is 31.3 Å². The maximum atomic E-state index is 12.2. The van der Waals surface area contributed by atoms with Gasteiger partial charge in [0.15, 0.2) is 5.16 Å². The Balaban J connectivity index is 1.64. The minimum atomic E-state index is -0.538. The zero-order valence-electron chi connectivity index (χ0n) is 13.4. The first-order valence-electron chi connectivity index (χ1n) is 7.79. The number of rotatable bonds is 7. The molecule has 1 aliphatic carbocycles. The van der Waals surface area contributed by atoms with Gasteiger partial charge >= 0.3 is 0 Å². The lowest BCUT2D eigenvalue weighted by Crippen LogP contribution is -2.15. The number of benzene rings is 1. The van der Waals surface area contributed by atoms with Crippen LogP contribution in [0.25, 0.3) is 0 Å². The van der Waals surface area contributed by atoms with Crippen molar-refractivity contribution in [2.75, 3.05) is 11.1 Å². The summed E-state index contributed by atoms with van der Waals surface area (Å²) in [5.74, 6) is 1.26. The topological polar surface area (TPSA) is 103 Å². The lowest BCUT2D eigenvalue weighted by atomic mass is 10.3. The van der Waals surface area contributed by atoms with E-state index in [1.807, 2.05) is 11.5 Å². The predicted molar refractivity (Wildman–Crippen MR) is 95.1 cm³/mol. The summed E-state index contributed by atoms with van der Waals surface area (Å²) in [7, 11) is 0. The Morgan fingerprint density at radius 3 is 2.88 bits per heavy atom. The Labute approximate surface area is 153 Å². The minimum absolute atomic E-state index is 0.113. The maximum Gasteiger partial charge on any atom is 0.271 e. The first-order chi connectivity index (χ1) is 12.0. The van der Waals surface area contributed by atoms with Crippen LogP contribution < -0.4 is 5.32 Å². The average Bonchev–Trinajstić information content (AvgIpc) is 3.34. The molecule has 10 heteroatoms. The molecule has 1 aliphatic rings. The van der Waals surface area contributed by atoms with Crippen molar-refractivity contribution in [3.8, 4) is 0 Å². The lowest BCUT2D eigenvalue weighted by Gasteiger charge is -2.08. The highest BCUT2D eigenvalue weighted by Crippen LogP contribution is 2.40. The van der Waals surface area contributed by atoms with Gasteiger partial charge in [0, 0.05) is 24.6 Å². The second-order valence-corrected chi connectivity index (χ2v) is 6.97. The van der Waals surface area contributed by atoms with Gasteiger partial charge in [-0.3, -0.25) is 14.9 Å². The molecule has 0 atom stereocenters. The normalized spacial score (nSPS) is 13.7. The lowest BCUT2D eigenvalue weighted by molar-refractivity contribution is -0.384. The Bertz CT molecular complexity index is 821. The number of amides is 1. The summed E-state index contributed by atoms with van der Waals surface area (Å²) >= 11 is 7.27. The number of thioether (sulfide) groups is 1. The van der Waals surface area contributed by atoms with Crippen molar-refractivity contribution in [2.45, 2.75) is 37.4 Å². The molecular weight excluding hydrogens is 366 g/mol. The van der Waals surface area contributed by atoms with Crippen LogP contribution in [0.5, 0.6) is 0 Å². The fourth-order valence-corrected chi connectivity index (χ4v) is 3.36. The summed E-state index contributed by atoms with van der Waals surface area (Å²) in [6.45, 7) is 2.77. The van der Waals surface area contributed by atoms with Crippen molar-refractivity contribution in [3.05, 3.63) is 39.2 Å². The van der Waals surface area contributed by atoms with Crippen molar-refractivity contribution in [1.29, 1.82) is 0 Å². The van der Waals surface area contributed by atoms with E-state index in [1.165, 1.54) is 30.0 Å². The van der Waals surface area contributed by atoms with Gasteiger partial charge in [0.1, 0.15) is 5.82 Å². The van der Waals surface area contributed by atoms with Gasteiger partial charge in [-0.05, 0) is 25.8 Å². The molecule has 2 aromatic rings. The van der Waals surface area contributed by atoms with Crippen molar-refractivity contribution in [3.63, 3.8) is 0 Å². The minimum Gasteiger partial charge on any atom is -0.324 e. The van der Waals surface area contributed by atoms with Crippen LogP contribution in [-0.2, 0) is 11.3 Å². The van der Waals surface area contributed by atoms with E-state index >= 15 is 0 Å². The monoisotopic (exact) mass is 381 g/mol. The summed E-state index contributed by atoms with van der Waals surface area (Å²) in [5, 5.41) is 22.8. The van der Waals surface area contributed by atoms with Crippen molar-refractivity contribution in [2.24, 2.45) is 0 Å². The van der Waals surface area contributed by atoms with E-state index in [0.717, 1.165) is 25.2 Å². The van der Waals surface area contributed by atoms with E-state index in [1.54, 1.807) is 0 Å². The summed E-state index contributed by atoms with van der Waals surface area (Å²) in [4.78, 5) is 22.4. The zero-order valence-corrected chi connectivity index (χ0v) is 15.0. The predicted octanol–water partition coefficient (Wildman–Crippen LogP) is 3.47. The molecule has 25 heavy (non-hydrogen) atoms. The molecule has 1 heterocycles. The number of nitro groups is 1. The summed E-state index contributed by atoms with van der Waals surface area (Å²) < 4.78 is 2.02. The van der Waals surface area contributed by atoms with Gasteiger partial charge in [0.2, 0.25) is 5.91 Å². The number of nitrogens with one attached hydrogen (secondary N) is 1. The number of nitrogens with zero attached hydrogens (tertiary/aromatic N) is 4. The molecule has 1 aromatic carbocycles. The average molecular weight is 382 g/mol. The van der Waals surface area contributed by atoms with Crippen LogP contribution in [0, 0.1) is 10.1 Å². The fraction of sp³-hybridized carbons (Fsp3) is 0.400. The zero-order chi connectivity index (χ0) is 18.0. The molecule has 1 saturated carbocycles. The number of nitro benzene ring substituents is 1. The molecule has 0 aliphatic heterocycles. The number of hydrogen-bond acceptors (Lipinski definition) is 6. The summed E-state index contributed by atoms with van der Waals surface area (Å²) in [5.41, 5.74) is 0.0873. The smallest absolute Gasteiger partial charge is 0.271 e. The maximum absolute atomic E-state index is 12.2. The van der Waals surface area contributed by atoms with Crippen LogP contribution in [0.15, 0.2) is 23.4 Å². The van der Waals surface area contributed by atoms with Gasteiger partial charge < -0.3 is 9.88 Å². The quantitative estimate of drug-likeness (QED) is 0.447. The molecule has 1 fully saturated rings. The van der Waals surface area contributed by atoms with Crippen molar-refractivity contribution < 1.29 is 9.72 Å².